The van der Waals surface area contributed by atoms with Gasteiger partial charge >= 0.3 is 6.18 Å². The molecule has 1 amide bonds. The van der Waals surface area contributed by atoms with E-state index >= 15 is 0 Å². The summed E-state index contributed by atoms with van der Waals surface area (Å²) in [6.07, 6.45) is -4.46. The topological polar surface area (TPSA) is 128 Å². The van der Waals surface area contributed by atoms with Gasteiger partial charge in [-0.05, 0) is 62.1 Å². The van der Waals surface area contributed by atoms with Crippen molar-refractivity contribution in [3.05, 3.63) is 59.9 Å². The summed E-state index contributed by atoms with van der Waals surface area (Å²) in [5.41, 5.74) is 5.70. The van der Waals surface area contributed by atoms with E-state index in [0.29, 0.717) is 6.61 Å². The lowest BCUT2D eigenvalue weighted by Crippen LogP contribution is -2.47. The van der Waals surface area contributed by atoms with Crippen molar-refractivity contribution >= 4 is 27.6 Å². The van der Waals surface area contributed by atoms with Crippen LogP contribution in [0.5, 0.6) is 5.75 Å². The van der Waals surface area contributed by atoms with E-state index in [1.165, 1.54) is 47.4 Å². The minimum Gasteiger partial charge on any atom is -0.493 e. The molecule has 1 aliphatic heterocycles. The van der Waals surface area contributed by atoms with Gasteiger partial charge in [0.25, 0.3) is 15.9 Å². The first-order valence-electron chi connectivity index (χ1n) is 13.2. The molecule has 42 heavy (non-hydrogen) atoms. The van der Waals surface area contributed by atoms with Gasteiger partial charge in [-0.25, -0.2) is 19.1 Å². The van der Waals surface area contributed by atoms with Gasteiger partial charge in [-0.2, -0.15) is 21.6 Å². The fourth-order valence-corrected chi connectivity index (χ4v) is 5.48. The van der Waals surface area contributed by atoms with Crippen LogP contribution >= 0.6 is 0 Å². The van der Waals surface area contributed by atoms with Crippen molar-refractivity contribution in [2.75, 3.05) is 23.8 Å². The first-order valence-corrected chi connectivity index (χ1v) is 14.7. The zero-order chi connectivity index (χ0) is 30.8. The number of nitrogens with zero attached hydrogens (tertiary/aromatic N) is 3. The third-order valence-corrected chi connectivity index (χ3v) is 7.97. The normalized spacial score (nSPS) is 17.8. The molecule has 2 aromatic heterocycles. The van der Waals surface area contributed by atoms with Crippen molar-refractivity contribution in [1.29, 1.82) is 0 Å². The van der Waals surface area contributed by atoms with Crippen LogP contribution in [0.4, 0.5) is 29.2 Å². The highest BCUT2D eigenvalue weighted by Crippen LogP contribution is 2.38. The minimum absolute atomic E-state index is 0.0933. The van der Waals surface area contributed by atoms with Crippen LogP contribution in [-0.2, 0) is 10.0 Å². The van der Waals surface area contributed by atoms with Crippen LogP contribution in [0.25, 0.3) is 11.3 Å². The highest BCUT2D eigenvalue weighted by atomic mass is 32.2. The Balaban J connectivity index is 1.78. The van der Waals surface area contributed by atoms with E-state index < -0.39 is 51.5 Å². The van der Waals surface area contributed by atoms with E-state index in [9.17, 15) is 30.8 Å². The molecule has 0 radical (unpaired) electrons. The number of hydrogen-bond acceptors (Lipinski definition) is 8. The molecule has 2 unspecified atom stereocenters. The molecule has 9 nitrogen and oxygen atoms in total. The Morgan fingerprint density at radius 2 is 1.88 bits per heavy atom. The molecule has 0 spiro atoms. The summed E-state index contributed by atoms with van der Waals surface area (Å²) in [7, 11) is -4.50. The molecule has 3 N–H and O–H groups in total. The van der Waals surface area contributed by atoms with E-state index in [1.807, 2.05) is 18.6 Å². The number of carbonyl (C=O) groups excluding carboxylic acids is 1. The van der Waals surface area contributed by atoms with Crippen LogP contribution in [-0.4, -0.2) is 49.7 Å². The second-order valence-electron chi connectivity index (χ2n) is 10.6. The predicted octanol–water partition coefficient (Wildman–Crippen LogP) is 5.19. The average molecular weight is 610 g/mol. The zero-order valence-corrected chi connectivity index (χ0v) is 24.0. The smallest absolute Gasteiger partial charge is 0.393 e. The molecular weight excluding hydrogens is 578 g/mol. The molecule has 2 atom stereocenters. The van der Waals surface area contributed by atoms with Gasteiger partial charge in [-0.3, -0.25) is 4.79 Å². The number of sulfonamides is 1. The SMILES string of the molecule is CC(C)COc1cc(F)cc(-c2ccc(C(=O)NS(=O)(=O)c3cccc(N)n3)c(N3CC(C(F)(F)F)CCC3C)n2)c1. The van der Waals surface area contributed by atoms with Crippen LogP contribution in [0.1, 0.15) is 44.0 Å². The summed E-state index contributed by atoms with van der Waals surface area (Å²) in [6, 6.07) is 9.90. The minimum atomic E-state index is -4.50. The summed E-state index contributed by atoms with van der Waals surface area (Å²) in [4.78, 5) is 22.9. The van der Waals surface area contributed by atoms with Crippen LogP contribution < -0.4 is 20.1 Å². The van der Waals surface area contributed by atoms with Crippen molar-refractivity contribution in [2.24, 2.45) is 11.8 Å². The Bertz CT molecular complexity index is 1570. The van der Waals surface area contributed by atoms with E-state index in [0.717, 1.165) is 6.07 Å². The molecular formula is C28H31F4N5O4S. The molecule has 1 aromatic carbocycles. The fraction of sp³-hybridized carbons (Fsp3) is 0.393. The summed E-state index contributed by atoms with van der Waals surface area (Å²) in [6.45, 7) is 5.36. The van der Waals surface area contributed by atoms with Gasteiger partial charge in [0.1, 0.15) is 23.2 Å². The fourth-order valence-electron chi connectivity index (χ4n) is 4.54. The van der Waals surface area contributed by atoms with Gasteiger partial charge < -0.3 is 15.4 Å². The molecule has 1 aliphatic rings. The molecule has 1 fully saturated rings. The highest BCUT2D eigenvalue weighted by molar-refractivity contribution is 7.90. The van der Waals surface area contributed by atoms with Gasteiger partial charge in [-0.1, -0.05) is 19.9 Å². The van der Waals surface area contributed by atoms with Crippen molar-refractivity contribution in [3.63, 3.8) is 0 Å². The Kier molecular flexibility index (Phi) is 8.95. The average Bonchev–Trinajstić information content (AvgIpc) is 2.90. The summed E-state index contributed by atoms with van der Waals surface area (Å²) >= 11 is 0. The number of alkyl halides is 3. The van der Waals surface area contributed by atoms with Crippen molar-refractivity contribution in [1.82, 2.24) is 14.7 Å². The number of aromatic nitrogens is 2. The Labute approximate surface area is 241 Å². The summed E-state index contributed by atoms with van der Waals surface area (Å²) in [5, 5.41) is -0.515. The quantitative estimate of drug-likeness (QED) is 0.334. The van der Waals surface area contributed by atoms with Crippen molar-refractivity contribution < 1.29 is 35.5 Å². The third kappa shape index (κ3) is 7.27. The van der Waals surface area contributed by atoms with E-state index in [2.05, 4.69) is 9.97 Å². The first-order chi connectivity index (χ1) is 19.6. The Hall–Kier alpha value is -3.94. The lowest BCUT2D eigenvalue weighted by atomic mass is 9.92. The monoisotopic (exact) mass is 609 g/mol. The number of halogens is 4. The van der Waals surface area contributed by atoms with E-state index in [1.54, 1.807) is 6.92 Å². The molecule has 1 saturated heterocycles. The molecule has 226 valence electrons. The number of nitrogen functional groups attached to an aromatic ring is 1. The van der Waals surface area contributed by atoms with E-state index in [-0.39, 0.29) is 53.0 Å². The molecule has 0 bridgehead atoms. The largest absolute Gasteiger partial charge is 0.493 e. The predicted molar refractivity (Wildman–Crippen MR) is 149 cm³/mol. The lowest BCUT2D eigenvalue weighted by molar-refractivity contribution is -0.177. The number of nitrogens with two attached hydrogens (primary N) is 1. The maximum atomic E-state index is 14.5. The number of piperidine rings is 1. The number of ether oxygens (including phenoxy) is 1. The number of nitrogens with one attached hydrogen (secondary N) is 1. The Morgan fingerprint density at radius 1 is 1.14 bits per heavy atom. The molecule has 14 heteroatoms. The van der Waals surface area contributed by atoms with Gasteiger partial charge in [0.2, 0.25) is 0 Å². The second kappa shape index (κ2) is 12.1. The number of carbonyl (C=O) groups is 1. The number of hydrogen-bond donors (Lipinski definition) is 2. The number of amides is 1. The Morgan fingerprint density at radius 3 is 2.55 bits per heavy atom. The summed E-state index contributed by atoms with van der Waals surface area (Å²) < 4.78 is 89.1. The zero-order valence-electron chi connectivity index (χ0n) is 23.2. The highest BCUT2D eigenvalue weighted by Gasteiger charge is 2.44. The van der Waals surface area contributed by atoms with Crippen LogP contribution in [0.15, 0.2) is 53.6 Å². The first kappa shape index (κ1) is 31.0. The number of anilines is 2. The van der Waals surface area contributed by atoms with Crippen molar-refractivity contribution in [2.45, 2.75) is 50.9 Å². The van der Waals surface area contributed by atoms with Crippen LogP contribution in [0, 0.1) is 17.7 Å². The summed E-state index contributed by atoms with van der Waals surface area (Å²) in [5.74, 6) is -3.32. The molecule has 3 aromatic rings. The number of pyridine rings is 2. The number of rotatable bonds is 8. The van der Waals surface area contributed by atoms with Gasteiger partial charge in [0, 0.05) is 24.2 Å². The maximum absolute atomic E-state index is 14.5. The van der Waals surface area contributed by atoms with Gasteiger partial charge in [-0.15, -0.1) is 0 Å². The molecule has 0 saturated carbocycles. The van der Waals surface area contributed by atoms with Crippen LogP contribution in [0.2, 0.25) is 0 Å². The van der Waals surface area contributed by atoms with Gasteiger partial charge in [0.05, 0.1) is 23.8 Å². The molecule has 3 heterocycles. The van der Waals surface area contributed by atoms with Gasteiger partial charge in [0.15, 0.2) is 5.03 Å². The van der Waals surface area contributed by atoms with E-state index in [4.69, 9.17) is 10.5 Å². The number of benzene rings is 1. The second-order valence-corrected chi connectivity index (χ2v) is 12.2. The molecule has 0 aliphatic carbocycles. The third-order valence-electron chi connectivity index (χ3n) is 6.73. The van der Waals surface area contributed by atoms with Crippen molar-refractivity contribution in [3.8, 4) is 17.0 Å². The maximum Gasteiger partial charge on any atom is 0.393 e. The van der Waals surface area contributed by atoms with Crippen LogP contribution in [0.3, 0.4) is 0 Å². The molecule has 4 rings (SSSR count). The lowest BCUT2D eigenvalue weighted by Gasteiger charge is -2.40. The standard InChI is InChI=1S/C28H31F4N5O4S/c1-16(2)15-41-21-12-18(11-20(29)13-21)23-10-9-22(27(38)36-42(39,40)25-6-4-5-24(33)35-25)26(34-23)37-14-19(28(30,31)32)8-7-17(37)3/h4-6,9-13,16-17,19H,7-8,14-15H2,1-3H3,(H2,33,35)(H,36,38).